The molecule has 2 nitrogen and oxygen atoms in total. The first-order valence-electron chi connectivity index (χ1n) is 6.79. The zero-order chi connectivity index (χ0) is 11.6. The van der Waals surface area contributed by atoms with Crippen molar-refractivity contribution in [3.8, 4) is 0 Å². The molecule has 1 aliphatic carbocycles. The normalized spacial score (nSPS) is 16.7. The monoisotopic (exact) mass is 247 g/mol. The van der Waals surface area contributed by atoms with Gasteiger partial charge in [-0.2, -0.15) is 0 Å². The molecule has 0 bridgehead atoms. The van der Waals surface area contributed by atoms with E-state index >= 15 is 0 Å². The van der Waals surface area contributed by atoms with Crippen LogP contribution < -0.4 is 0 Å². The zero-order valence-electron chi connectivity index (χ0n) is 10.3. The van der Waals surface area contributed by atoms with Crippen molar-refractivity contribution in [2.75, 3.05) is 25.6 Å². The molecule has 0 saturated heterocycles. The molecule has 96 valence electrons. The third-order valence-electron chi connectivity index (χ3n) is 3.52. The molecule has 0 radical (unpaired) electrons. The van der Waals surface area contributed by atoms with Crippen LogP contribution in [-0.4, -0.2) is 41.6 Å². The molecule has 0 spiro atoms. The highest BCUT2D eigenvalue weighted by molar-refractivity contribution is 6.17. The Labute approximate surface area is 105 Å². The quantitative estimate of drug-likeness (QED) is 0.474. The molecule has 0 amide bonds. The van der Waals surface area contributed by atoms with Crippen LogP contribution >= 0.6 is 11.6 Å². The lowest BCUT2D eigenvalue weighted by Gasteiger charge is -2.37. The molecule has 1 fully saturated rings. The number of hydrogen-bond donors (Lipinski definition) is 1. The molecule has 1 aliphatic rings. The number of aliphatic hydroxyl groups excluding tert-OH is 1. The molecule has 0 atom stereocenters. The molecule has 0 aromatic heterocycles. The minimum atomic E-state index is 0.329. The molecule has 3 heteroatoms. The second-order valence-electron chi connectivity index (χ2n) is 4.80. The van der Waals surface area contributed by atoms with Crippen LogP contribution in [0.3, 0.4) is 0 Å². The summed E-state index contributed by atoms with van der Waals surface area (Å²) in [6, 6.07) is 0.819. The maximum Gasteiger partial charge on any atom is 0.0443 e. The third-order valence-corrected chi connectivity index (χ3v) is 3.79. The van der Waals surface area contributed by atoms with Crippen molar-refractivity contribution in [2.45, 2.75) is 57.4 Å². The molecule has 16 heavy (non-hydrogen) atoms. The van der Waals surface area contributed by atoms with Gasteiger partial charge in [-0.3, -0.25) is 0 Å². The molecule has 0 unspecified atom stereocenters. The van der Waals surface area contributed by atoms with Gasteiger partial charge in [-0.25, -0.2) is 0 Å². The van der Waals surface area contributed by atoms with Crippen molar-refractivity contribution in [1.82, 2.24) is 4.90 Å². The average molecular weight is 248 g/mol. The van der Waals surface area contributed by atoms with Gasteiger partial charge >= 0.3 is 0 Å². The van der Waals surface area contributed by atoms with Gasteiger partial charge < -0.3 is 10.0 Å². The van der Waals surface area contributed by atoms with Crippen LogP contribution in [0.5, 0.6) is 0 Å². The Balaban J connectivity index is 2.06. The summed E-state index contributed by atoms with van der Waals surface area (Å²) in [5, 5.41) is 8.89. The molecule has 1 rings (SSSR count). The maximum atomic E-state index is 8.89. The van der Waals surface area contributed by atoms with Crippen LogP contribution in [0.4, 0.5) is 0 Å². The Kier molecular flexibility index (Phi) is 8.26. The fourth-order valence-corrected chi connectivity index (χ4v) is 2.45. The second kappa shape index (κ2) is 9.26. The number of nitrogens with zero attached hydrogens (tertiary/aromatic N) is 1. The molecule has 0 aromatic rings. The first-order valence-corrected chi connectivity index (χ1v) is 7.33. The molecular formula is C13H26ClNO. The number of hydrogen-bond acceptors (Lipinski definition) is 2. The molecule has 1 saturated carbocycles. The Morgan fingerprint density at radius 2 is 1.69 bits per heavy atom. The summed E-state index contributed by atoms with van der Waals surface area (Å²) < 4.78 is 0. The van der Waals surface area contributed by atoms with E-state index < -0.39 is 0 Å². The van der Waals surface area contributed by atoms with Crippen LogP contribution in [0.2, 0.25) is 0 Å². The van der Waals surface area contributed by atoms with Gasteiger partial charge in [0, 0.05) is 25.1 Å². The Morgan fingerprint density at radius 3 is 2.25 bits per heavy atom. The molecule has 1 N–H and O–H groups in total. The Hall–Kier alpha value is 0.210. The van der Waals surface area contributed by atoms with Crippen molar-refractivity contribution in [2.24, 2.45) is 0 Å². The Morgan fingerprint density at radius 1 is 1.00 bits per heavy atom. The molecule has 0 aromatic carbocycles. The number of rotatable bonds is 10. The van der Waals surface area contributed by atoms with E-state index in [9.17, 15) is 0 Å². The zero-order valence-corrected chi connectivity index (χ0v) is 11.1. The highest BCUT2D eigenvalue weighted by Gasteiger charge is 2.23. The van der Waals surface area contributed by atoms with E-state index in [0.29, 0.717) is 6.61 Å². The second-order valence-corrected chi connectivity index (χ2v) is 5.18. The smallest absolute Gasteiger partial charge is 0.0443 e. The minimum absolute atomic E-state index is 0.329. The van der Waals surface area contributed by atoms with Crippen molar-refractivity contribution in [3.05, 3.63) is 0 Å². The summed E-state index contributed by atoms with van der Waals surface area (Å²) in [5.41, 5.74) is 0. The summed E-state index contributed by atoms with van der Waals surface area (Å²) >= 11 is 5.66. The summed E-state index contributed by atoms with van der Waals surface area (Å²) in [5.74, 6) is 0.802. The molecule has 0 heterocycles. The van der Waals surface area contributed by atoms with Gasteiger partial charge in [0.05, 0.1) is 0 Å². The van der Waals surface area contributed by atoms with E-state index in [1.807, 2.05) is 0 Å². The van der Waals surface area contributed by atoms with E-state index in [1.54, 1.807) is 0 Å². The van der Waals surface area contributed by atoms with Gasteiger partial charge in [0.2, 0.25) is 0 Å². The minimum Gasteiger partial charge on any atom is -0.396 e. The predicted molar refractivity (Wildman–Crippen MR) is 70.1 cm³/mol. The summed E-state index contributed by atoms with van der Waals surface area (Å²) in [7, 11) is 0. The lowest BCUT2D eigenvalue weighted by atomic mass is 9.91. The highest BCUT2D eigenvalue weighted by Crippen LogP contribution is 2.25. The first kappa shape index (κ1) is 14.3. The maximum absolute atomic E-state index is 8.89. The molecular weight excluding hydrogens is 222 g/mol. The van der Waals surface area contributed by atoms with Crippen LogP contribution in [-0.2, 0) is 0 Å². The number of alkyl halides is 1. The van der Waals surface area contributed by atoms with Crippen molar-refractivity contribution >= 4 is 11.6 Å². The molecule has 0 aliphatic heterocycles. The highest BCUT2D eigenvalue weighted by atomic mass is 35.5. The standard InChI is InChI=1S/C13H26ClNO/c14-9-3-1-2-4-10-15(11-6-12-16)13-7-5-8-13/h13,16H,1-12H2. The number of halogens is 1. The summed E-state index contributed by atoms with van der Waals surface area (Å²) in [6.07, 6.45) is 10.1. The van der Waals surface area contributed by atoms with Gasteiger partial charge in [-0.1, -0.05) is 19.3 Å². The average Bonchev–Trinajstić information content (AvgIpc) is 2.22. The van der Waals surface area contributed by atoms with E-state index in [0.717, 1.165) is 31.3 Å². The van der Waals surface area contributed by atoms with Crippen molar-refractivity contribution in [3.63, 3.8) is 0 Å². The van der Waals surface area contributed by atoms with Gasteiger partial charge in [-0.15, -0.1) is 11.6 Å². The fraction of sp³-hybridized carbons (Fsp3) is 1.00. The SMILES string of the molecule is OCCCN(CCCCCCCl)C1CCC1. The predicted octanol–water partition coefficient (Wildman–Crippen LogP) is 3.02. The van der Waals surface area contributed by atoms with Gasteiger partial charge in [0.15, 0.2) is 0 Å². The van der Waals surface area contributed by atoms with Crippen molar-refractivity contribution in [1.29, 1.82) is 0 Å². The topological polar surface area (TPSA) is 23.5 Å². The first-order chi connectivity index (χ1) is 7.88. The van der Waals surface area contributed by atoms with Crippen LogP contribution in [0.1, 0.15) is 51.4 Å². The Bertz CT molecular complexity index is 162. The largest absolute Gasteiger partial charge is 0.396 e. The van der Waals surface area contributed by atoms with Gasteiger partial charge in [0.1, 0.15) is 0 Å². The van der Waals surface area contributed by atoms with Crippen LogP contribution in [0.25, 0.3) is 0 Å². The van der Waals surface area contributed by atoms with Crippen LogP contribution in [0, 0.1) is 0 Å². The van der Waals surface area contributed by atoms with Crippen molar-refractivity contribution < 1.29 is 5.11 Å². The fourth-order valence-electron chi connectivity index (χ4n) is 2.27. The van der Waals surface area contributed by atoms with E-state index in [2.05, 4.69) is 4.90 Å². The van der Waals surface area contributed by atoms with E-state index in [-0.39, 0.29) is 0 Å². The summed E-state index contributed by atoms with van der Waals surface area (Å²) in [4.78, 5) is 2.58. The van der Waals surface area contributed by atoms with E-state index in [1.165, 1.54) is 45.1 Å². The van der Waals surface area contributed by atoms with Gasteiger partial charge in [-0.05, 0) is 38.6 Å². The lowest BCUT2D eigenvalue weighted by molar-refractivity contribution is 0.114. The van der Waals surface area contributed by atoms with Crippen LogP contribution in [0.15, 0.2) is 0 Å². The van der Waals surface area contributed by atoms with E-state index in [4.69, 9.17) is 16.7 Å². The number of unbranched alkanes of at least 4 members (excludes halogenated alkanes) is 3. The summed E-state index contributed by atoms with van der Waals surface area (Å²) in [6.45, 7) is 2.62. The third kappa shape index (κ3) is 5.51. The number of aliphatic hydroxyl groups is 1. The lowest BCUT2D eigenvalue weighted by Crippen LogP contribution is -2.41. The van der Waals surface area contributed by atoms with Gasteiger partial charge in [0.25, 0.3) is 0 Å².